The summed E-state index contributed by atoms with van der Waals surface area (Å²) < 4.78 is 24.6. The Balaban J connectivity index is 1.34. The third-order valence-corrected chi connectivity index (χ3v) is 6.19. The molecule has 0 aliphatic carbocycles. The second kappa shape index (κ2) is 9.58. The van der Waals surface area contributed by atoms with E-state index in [0.717, 1.165) is 32.4 Å². The molecule has 0 radical (unpaired) electrons. The number of carbonyl (C=O) groups is 2. The molecule has 32 heavy (non-hydrogen) atoms. The first-order chi connectivity index (χ1) is 15.5. The van der Waals surface area contributed by atoms with Crippen molar-refractivity contribution in [2.24, 2.45) is 0 Å². The number of hydrogen-bond acceptors (Lipinski definition) is 5. The lowest BCUT2D eigenvalue weighted by Gasteiger charge is -2.30. The quantitative estimate of drug-likeness (QED) is 0.765. The molecule has 172 valence electrons. The lowest BCUT2D eigenvalue weighted by Crippen LogP contribution is -2.40. The number of nitrogens with zero attached hydrogens (tertiary/aromatic N) is 3. The van der Waals surface area contributed by atoms with E-state index in [4.69, 9.17) is 9.15 Å². The molecule has 9 heteroatoms. The number of ether oxygens (including phenoxy) is 1. The SMILES string of the molecule is COc1ccc(NC(=O)N2CCC(c3nc(C(=O)N4CCCCC4)c(C)o3)CC2)cc1F. The number of nitrogens with one attached hydrogen (secondary N) is 1. The van der Waals surface area contributed by atoms with Gasteiger partial charge in [-0.3, -0.25) is 4.79 Å². The van der Waals surface area contributed by atoms with E-state index in [1.807, 2.05) is 4.90 Å². The Morgan fingerprint density at radius 1 is 1.12 bits per heavy atom. The molecule has 2 aliphatic heterocycles. The van der Waals surface area contributed by atoms with E-state index in [9.17, 15) is 14.0 Å². The minimum atomic E-state index is -0.529. The minimum absolute atomic E-state index is 0.0547. The highest BCUT2D eigenvalue weighted by Gasteiger charge is 2.30. The van der Waals surface area contributed by atoms with Gasteiger partial charge < -0.3 is 24.3 Å². The van der Waals surface area contributed by atoms with Gasteiger partial charge in [0, 0.05) is 43.9 Å². The first kappa shape index (κ1) is 22.1. The Labute approximate surface area is 186 Å². The molecular weight excluding hydrogens is 415 g/mol. The predicted molar refractivity (Wildman–Crippen MR) is 117 cm³/mol. The van der Waals surface area contributed by atoms with Crippen molar-refractivity contribution in [3.63, 3.8) is 0 Å². The lowest BCUT2D eigenvalue weighted by molar-refractivity contribution is 0.0717. The van der Waals surface area contributed by atoms with Crippen LogP contribution in [0.2, 0.25) is 0 Å². The minimum Gasteiger partial charge on any atom is -0.494 e. The van der Waals surface area contributed by atoms with Crippen LogP contribution in [-0.2, 0) is 0 Å². The molecule has 2 fully saturated rings. The Bertz CT molecular complexity index is 978. The zero-order valence-corrected chi connectivity index (χ0v) is 18.5. The fourth-order valence-corrected chi connectivity index (χ4v) is 4.31. The first-order valence-electron chi connectivity index (χ1n) is 11.1. The van der Waals surface area contributed by atoms with Gasteiger partial charge >= 0.3 is 6.03 Å². The van der Waals surface area contributed by atoms with Gasteiger partial charge in [-0.15, -0.1) is 0 Å². The number of anilines is 1. The smallest absolute Gasteiger partial charge is 0.321 e. The van der Waals surface area contributed by atoms with Gasteiger partial charge in [-0.05, 0) is 51.2 Å². The van der Waals surface area contributed by atoms with E-state index >= 15 is 0 Å². The van der Waals surface area contributed by atoms with Gasteiger partial charge in [-0.2, -0.15) is 0 Å². The molecule has 0 saturated carbocycles. The number of benzene rings is 1. The molecule has 3 amide bonds. The van der Waals surface area contributed by atoms with Crippen molar-refractivity contribution >= 4 is 17.6 Å². The molecule has 8 nitrogen and oxygen atoms in total. The van der Waals surface area contributed by atoms with Crippen LogP contribution in [0.1, 0.15) is 60.2 Å². The summed E-state index contributed by atoms with van der Waals surface area (Å²) in [6.45, 7) is 4.36. The number of likely N-dealkylation sites (tertiary alicyclic amines) is 2. The molecule has 0 unspecified atom stereocenters. The maximum absolute atomic E-state index is 13.9. The van der Waals surface area contributed by atoms with Crippen molar-refractivity contribution in [1.29, 1.82) is 0 Å². The summed E-state index contributed by atoms with van der Waals surface area (Å²) in [7, 11) is 1.39. The normalized spacial score (nSPS) is 17.3. The van der Waals surface area contributed by atoms with Gasteiger partial charge in [0.2, 0.25) is 0 Å². The van der Waals surface area contributed by atoms with Crippen LogP contribution in [0.25, 0.3) is 0 Å². The summed E-state index contributed by atoms with van der Waals surface area (Å²) in [5.74, 6) is 0.721. The van der Waals surface area contributed by atoms with E-state index in [2.05, 4.69) is 10.3 Å². The Kier molecular flexibility index (Phi) is 6.62. The van der Waals surface area contributed by atoms with Crippen LogP contribution in [0.3, 0.4) is 0 Å². The highest BCUT2D eigenvalue weighted by molar-refractivity contribution is 5.93. The average molecular weight is 445 g/mol. The van der Waals surface area contributed by atoms with Crippen LogP contribution in [0.15, 0.2) is 22.6 Å². The third kappa shape index (κ3) is 4.71. The predicted octanol–water partition coefficient (Wildman–Crippen LogP) is 4.17. The molecule has 2 aromatic rings. The Hall–Kier alpha value is -3.10. The number of aromatic nitrogens is 1. The maximum Gasteiger partial charge on any atom is 0.321 e. The van der Waals surface area contributed by atoms with Crippen LogP contribution in [0.5, 0.6) is 5.75 Å². The van der Waals surface area contributed by atoms with Gasteiger partial charge in [-0.1, -0.05) is 0 Å². The number of hydrogen-bond donors (Lipinski definition) is 1. The van der Waals surface area contributed by atoms with Crippen LogP contribution in [0.4, 0.5) is 14.9 Å². The highest BCUT2D eigenvalue weighted by Crippen LogP contribution is 2.30. The number of halogens is 1. The monoisotopic (exact) mass is 444 g/mol. The summed E-state index contributed by atoms with van der Waals surface area (Å²) in [6.07, 6.45) is 4.58. The van der Waals surface area contributed by atoms with Crippen molar-refractivity contribution in [2.45, 2.75) is 44.9 Å². The molecule has 4 rings (SSSR count). The lowest BCUT2D eigenvalue weighted by atomic mass is 9.97. The van der Waals surface area contributed by atoms with Gasteiger partial charge in [-0.25, -0.2) is 14.2 Å². The zero-order valence-electron chi connectivity index (χ0n) is 18.5. The maximum atomic E-state index is 13.9. The van der Waals surface area contributed by atoms with Gasteiger partial charge in [0.05, 0.1) is 7.11 Å². The van der Waals surface area contributed by atoms with Crippen molar-refractivity contribution in [1.82, 2.24) is 14.8 Å². The number of urea groups is 1. The van der Waals surface area contributed by atoms with Crippen LogP contribution < -0.4 is 10.1 Å². The summed E-state index contributed by atoms with van der Waals surface area (Å²) in [6, 6.07) is 4.03. The summed E-state index contributed by atoms with van der Waals surface area (Å²) >= 11 is 0. The number of aryl methyl sites for hydroxylation is 1. The summed E-state index contributed by atoms with van der Waals surface area (Å²) in [4.78, 5) is 33.5. The number of methoxy groups -OCH3 is 1. The largest absolute Gasteiger partial charge is 0.494 e. The summed E-state index contributed by atoms with van der Waals surface area (Å²) in [5.41, 5.74) is 0.781. The highest BCUT2D eigenvalue weighted by atomic mass is 19.1. The zero-order chi connectivity index (χ0) is 22.7. The van der Waals surface area contributed by atoms with E-state index in [1.165, 1.54) is 19.2 Å². The molecular formula is C23H29FN4O4. The number of amides is 3. The van der Waals surface area contributed by atoms with E-state index in [-0.39, 0.29) is 23.6 Å². The van der Waals surface area contributed by atoms with E-state index in [1.54, 1.807) is 17.9 Å². The molecule has 0 atom stereocenters. The van der Waals surface area contributed by atoms with Gasteiger partial charge in [0.1, 0.15) is 5.76 Å². The number of oxazole rings is 1. The molecule has 1 aromatic heterocycles. The van der Waals surface area contributed by atoms with Crippen molar-refractivity contribution in [2.75, 3.05) is 38.6 Å². The van der Waals surface area contributed by atoms with Gasteiger partial charge in [0.15, 0.2) is 23.2 Å². The van der Waals surface area contributed by atoms with Crippen LogP contribution >= 0.6 is 0 Å². The second-order valence-electron chi connectivity index (χ2n) is 8.35. The van der Waals surface area contributed by atoms with Crippen LogP contribution in [0, 0.1) is 12.7 Å². The fourth-order valence-electron chi connectivity index (χ4n) is 4.31. The fraction of sp³-hybridized carbons (Fsp3) is 0.522. The molecule has 3 heterocycles. The molecule has 0 bridgehead atoms. The van der Waals surface area contributed by atoms with Crippen molar-refractivity contribution in [3.05, 3.63) is 41.4 Å². The van der Waals surface area contributed by atoms with Crippen LogP contribution in [-0.4, -0.2) is 60.0 Å². The van der Waals surface area contributed by atoms with E-state index in [0.29, 0.717) is 49.0 Å². The first-order valence-corrected chi connectivity index (χ1v) is 11.1. The average Bonchev–Trinajstić information content (AvgIpc) is 3.21. The standard InChI is InChI=1S/C23H29FN4O4/c1-15-20(22(29)27-10-4-3-5-11-27)26-21(32-15)16-8-12-28(13-9-16)23(30)25-17-6-7-19(31-2)18(24)14-17/h6-7,14,16H,3-5,8-13H2,1-2H3,(H,25,30). The number of rotatable bonds is 4. The summed E-state index contributed by atoms with van der Waals surface area (Å²) in [5, 5.41) is 2.73. The molecule has 1 N–H and O–H groups in total. The van der Waals surface area contributed by atoms with E-state index < -0.39 is 5.82 Å². The molecule has 2 aliphatic rings. The molecule has 0 spiro atoms. The molecule has 1 aromatic carbocycles. The van der Waals surface area contributed by atoms with Crippen molar-refractivity contribution < 1.29 is 23.1 Å². The second-order valence-corrected chi connectivity index (χ2v) is 8.35. The Morgan fingerprint density at radius 2 is 1.84 bits per heavy atom. The number of carbonyl (C=O) groups excluding carboxylic acids is 2. The Morgan fingerprint density at radius 3 is 2.50 bits per heavy atom. The topological polar surface area (TPSA) is 87.9 Å². The van der Waals surface area contributed by atoms with Crippen molar-refractivity contribution in [3.8, 4) is 5.75 Å². The number of piperidine rings is 2. The third-order valence-electron chi connectivity index (χ3n) is 6.19. The molecule has 2 saturated heterocycles. The van der Waals surface area contributed by atoms with Gasteiger partial charge in [0.25, 0.3) is 5.91 Å².